The first-order valence-electron chi connectivity index (χ1n) is 8.49. The second-order valence-corrected chi connectivity index (χ2v) is 6.51. The molecule has 1 saturated heterocycles. The Balaban J connectivity index is 1.46. The monoisotopic (exact) mass is 392 g/mol. The van der Waals surface area contributed by atoms with Crippen molar-refractivity contribution in [3.8, 4) is 11.5 Å². The molecule has 1 N–H and O–H groups in total. The van der Waals surface area contributed by atoms with Crippen LogP contribution in [-0.4, -0.2) is 25.2 Å². The molecule has 28 heavy (non-hydrogen) atoms. The number of halogens is 3. The largest absolute Gasteiger partial charge is 0.454 e. The van der Waals surface area contributed by atoms with Gasteiger partial charge >= 0.3 is 6.18 Å². The Morgan fingerprint density at radius 3 is 2.68 bits per heavy atom. The summed E-state index contributed by atoms with van der Waals surface area (Å²) in [4.78, 5) is 26.0. The maximum atomic E-state index is 12.9. The SMILES string of the molecule is O=C(Nc1ccc2c(c1)OCO2)C1CC(=O)N(c2cccc(C(F)(F)F)c2)C1. The number of alkyl halides is 3. The summed E-state index contributed by atoms with van der Waals surface area (Å²) in [6.45, 7) is 0.117. The van der Waals surface area contributed by atoms with Crippen LogP contribution in [0.2, 0.25) is 0 Å². The summed E-state index contributed by atoms with van der Waals surface area (Å²) in [5.74, 6) is -0.380. The zero-order valence-electron chi connectivity index (χ0n) is 14.5. The lowest BCUT2D eigenvalue weighted by Gasteiger charge is -2.18. The normalized spacial score (nSPS) is 18.5. The molecule has 2 heterocycles. The van der Waals surface area contributed by atoms with Crippen molar-refractivity contribution in [3.63, 3.8) is 0 Å². The number of carbonyl (C=O) groups is 2. The molecule has 6 nitrogen and oxygen atoms in total. The topological polar surface area (TPSA) is 67.9 Å². The lowest BCUT2D eigenvalue weighted by Crippen LogP contribution is -2.28. The van der Waals surface area contributed by atoms with Gasteiger partial charge in [0.2, 0.25) is 18.6 Å². The third kappa shape index (κ3) is 3.47. The summed E-state index contributed by atoms with van der Waals surface area (Å²) in [5.41, 5.74) is -0.233. The van der Waals surface area contributed by atoms with Crippen molar-refractivity contribution >= 4 is 23.2 Å². The van der Waals surface area contributed by atoms with E-state index >= 15 is 0 Å². The van der Waals surface area contributed by atoms with Gasteiger partial charge < -0.3 is 19.7 Å². The van der Waals surface area contributed by atoms with E-state index in [1.54, 1.807) is 18.2 Å². The first kappa shape index (κ1) is 18.1. The number of nitrogens with zero attached hydrogens (tertiary/aromatic N) is 1. The zero-order valence-corrected chi connectivity index (χ0v) is 14.5. The van der Waals surface area contributed by atoms with Gasteiger partial charge in [-0.05, 0) is 30.3 Å². The van der Waals surface area contributed by atoms with E-state index in [1.807, 2.05) is 0 Å². The highest BCUT2D eigenvalue weighted by Crippen LogP contribution is 2.35. The molecule has 2 aliphatic heterocycles. The summed E-state index contributed by atoms with van der Waals surface area (Å²) in [6.07, 6.45) is -4.58. The smallest absolute Gasteiger partial charge is 0.416 e. The molecular weight excluding hydrogens is 377 g/mol. The molecule has 0 bridgehead atoms. The second-order valence-electron chi connectivity index (χ2n) is 6.51. The number of nitrogens with one attached hydrogen (secondary N) is 1. The van der Waals surface area contributed by atoms with Crippen LogP contribution in [0, 0.1) is 5.92 Å². The van der Waals surface area contributed by atoms with E-state index in [0.29, 0.717) is 17.2 Å². The minimum absolute atomic E-state index is 0.0104. The van der Waals surface area contributed by atoms with Crippen molar-refractivity contribution in [1.29, 1.82) is 0 Å². The number of amides is 2. The number of carbonyl (C=O) groups excluding carboxylic acids is 2. The van der Waals surface area contributed by atoms with Crippen LogP contribution < -0.4 is 19.7 Å². The fraction of sp³-hybridized carbons (Fsp3) is 0.263. The third-order valence-electron chi connectivity index (χ3n) is 4.62. The maximum Gasteiger partial charge on any atom is 0.416 e. The van der Waals surface area contributed by atoms with E-state index in [1.165, 1.54) is 17.0 Å². The summed E-state index contributed by atoms with van der Waals surface area (Å²) in [7, 11) is 0. The van der Waals surface area contributed by atoms with Crippen LogP contribution in [0.1, 0.15) is 12.0 Å². The molecule has 1 unspecified atom stereocenters. The molecule has 4 rings (SSSR count). The van der Waals surface area contributed by atoms with Gasteiger partial charge in [-0.2, -0.15) is 13.2 Å². The van der Waals surface area contributed by atoms with Crippen LogP contribution in [0.3, 0.4) is 0 Å². The van der Waals surface area contributed by atoms with Crippen molar-refractivity contribution in [2.45, 2.75) is 12.6 Å². The molecule has 0 radical (unpaired) electrons. The molecule has 0 saturated carbocycles. The van der Waals surface area contributed by atoms with E-state index < -0.39 is 23.6 Å². The standard InChI is InChI=1S/C19H15F3N2O4/c20-19(21,22)12-2-1-3-14(7-12)24-9-11(6-17(24)25)18(26)23-13-4-5-15-16(8-13)28-10-27-15/h1-5,7-8,11H,6,9-10H2,(H,23,26). The van der Waals surface area contributed by atoms with E-state index in [2.05, 4.69) is 5.32 Å². The Hall–Kier alpha value is -3.23. The van der Waals surface area contributed by atoms with Gasteiger partial charge in [-0.3, -0.25) is 9.59 Å². The van der Waals surface area contributed by atoms with Crippen LogP contribution in [0.25, 0.3) is 0 Å². The molecule has 9 heteroatoms. The lowest BCUT2D eigenvalue weighted by molar-refractivity contribution is -0.137. The fourth-order valence-electron chi connectivity index (χ4n) is 3.20. The van der Waals surface area contributed by atoms with Crippen molar-refractivity contribution in [2.75, 3.05) is 23.6 Å². The van der Waals surface area contributed by atoms with Crippen molar-refractivity contribution in [1.82, 2.24) is 0 Å². The molecule has 1 atom stereocenters. The first-order chi connectivity index (χ1) is 13.3. The number of rotatable bonds is 3. The molecule has 2 amide bonds. The van der Waals surface area contributed by atoms with Crippen LogP contribution in [-0.2, 0) is 15.8 Å². The van der Waals surface area contributed by atoms with Gasteiger partial charge in [0, 0.05) is 30.4 Å². The Morgan fingerprint density at radius 1 is 1.11 bits per heavy atom. The lowest BCUT2D eigenvalue weighted by atomic mass is 10.1. The van der Waals surface area contributed by atoms with Gasteiger partial charge in [-0.25, -0.2) is 0 Å². The van der Waals surface area contributed by atoms with Crippen molar-refractivity contribution < 1.29 is 32.2 Å². The van der Waals surface area contributed by atoms with Gasteiger partial charge in [0.25, 0.3) is 0 Å². The number of anilines is 2. The molecule has 0 aromatic heterocycles. The molecule has 1 fully saturated rings. The van der Waals surface area contributed by atoms with Gasteiger partial charge in [-0.1, -0.05) is 6.07 Å². The van der Waals surface area contributed by atoms with Crippen molar-refractivity contribution in [2.24, 2.45) is 5.92 Å². The predicted octanol–water partition coefficient (Wildman–Crippen LogP) is 3.43. The molecule has 0 spiro atoms. The number of hydrogen-bond donors (Lipinski definition) is 1. The highest BCUT2D eigenvalue weighted by atomic mass is 19.4. The molecule has 2 aliphatic rings. The Bertz CT molecular complexity index is 945. The quantitative estimate of drug-likeness (QED) is 0.869. The molecule has 2 aromatic carbocycles. The zero-order chi connectivity index (χ0) is 19.9. The second kappa shape index (κ2) is 6.74. The van der Waals surface area contributed by atoms with Gasteiger partial charge in [0.1, 0.15) is 0 Å². The number of hydrogen-bond acceptors (Lipinski definition) is 4. The molecule has 2 aromatic rings. The highest BCUT2D eigenvalue weighted by Gasteiger charge is 2.37. The predicted molar refractivity (Wildman–Crippen MR) is 93.1 cm³/mol. The number of fused-ring (bicyclic) bond motifs is 1. The molecule has 146 valence electrons. The fourth-order valence-corrected chi connectivity index (χ4v) is 3.20. The highest BCUT2D eigenvalue weighted by molar-refractivity contribution is 6.03. The summed E-state index contributed by atoms with van der Waals surface area (Å²) < 4.78 is 49.2. The maximum absolute atomic E-state index is 12.9. The van der Waals surface area contributed by atoms with E-state index in [0.717, 1.165) is 12.1 Å². The minimum atomic E-state index is -4.51. The average Bonchev–Trinajstić information content (AvgIpc) is 3.27. The van der Waals surface area contributed by atoms with E-state index in [4.69, 9.17) is 9.47 Å². The van der Waals surface area contributed by atoms with Crippen LogP contribution in [0.4, 0.5) is 24.5 Å². The van der Waals surface area contributed by atoms with Crippen LogP contribution in [0.15, 0.2) is 42.5 Å². The first-order valence-corrected chi connectivity index (χ1v) is 8.49. The summed E-state index contributed by atoms with van der Waals surface area (Å²) >= 11 is 0. The van der Waals surface area contributed by atoms with E-state index in [9.17, 15) is 22.8 Å². The summed E-state index contributed by atoms with van der Waals surface area (Å²) in [6, 6.07) is 9.43. The van der Waals surface area contributed by atoms with Crippen LogP contribution >= 0.6 is 0 Å². The number of ether oxygens (including phenoxy) is 2. The average molecular weight is 392 g/mol. The molecule has 0 aliphatic carbocycles. The van der Waals surface area contributed by atoms with Crippen molar-refractivity contribution in [3.05, 3.63) is 48.0 Å². The van der Waals surface area contributed by atoms with Crippen LogP contribution in [0.5, 0.6) is 11.5 Å². The summed E-state index contributed by atoms with van der Waals surface area (Å²) in [5, 5.41) is 2.71. The number of benzene rings is 2. The molecular formula is C19H15F3N2O4. The Kier molecular flexibility index (Phi) is 4.37. The Labute approximate surface area is 157 Å². The minimum Gasteiger partial charge on any atom is -0.454 e. The third-order valence-corrected chi connectivity index (χ3v) is 4.62. The Morgan fingerprint density at radius 2 is 1.89 bits per heavy atom. The van der Waals surface area contributed by atoms with Gasteiger partial charge in [-0.15, -0.1) is 0 Å². The van der Waals surface area contributed by atoms with Gasteiger partial charge in [0.15, 0.2) is 11.5 Å². The van der Waals surface area contributed by atoms with E-state index in [-0.39, 0.29) is 31.4 Å². The van der Waals surface area contributed by atoms with Gasteiger partial charge in [0.05, 0.1) is 11.5 Å².